The van der Waals surface area contributed by atoms with Gasteiger partial charge in [0, 0.05) is 44.4 Å². The van der Waals surface area contributed by atoms with E-state index in [2.05, 4.69) is 28.3 Å². The molecule has 0 spiro atoms. The Balaban J connectivity index is 1.14. The van der Waals surface area contributed by atoms with Crippen LogP contribution in [0.5, 0.6) is 0 Å². The minimum atomic E-state index is -0.544. The number of rotatable bonds is 7. The highest BCUT2D eigenvalue weighted by molar-refractivity contribution is 6.00. The van der Waals surface area contributed by atoms with E-state index in [0.717, 1.165) is 53.8 Å². The van der Waals surface area contributed by atoms with E-state index in [0.29, 0.717) is 42.8 Å². The number of ether oxygens (including phenoxy) is 2. The van der Waals surface area contributed by atoms with Gasteiger partial charge in [-0.05, 0) is 94.0 Å². The summed E-state index contributed by atoms with van der Waals surface area (Å²) in [7, 11) is 1.88. The third kappa shape index (κ3) is 7.30. The lowest BCUT2D eigenvalue weighted by molar-refractivity contribution is -0.0860. The number of amides is 1. The van der Waals surface area contributed by atoms with Crippen LogP contribution in [0.1, 0.15) is 95.0 Å². The largest absolute Gasteiger partial charge is 0.444 e. The van der Waals surface area contributed by atoms with Crippen molar-refractivity contribution in [3.8, 4) is 22.5 Å². The summed E-state index contributed by atoms with van der Waals surface area (Å²) in [5, 5.41) is 4.31. The van der Waals surface area contributed by atoms with Crippen LogP contribution in [0.2, 0.25) is 0 Å². The number of hydrogen-bond donors (Lipinski definition) is 0. The van der Waals surface area contributed by atoms with Gasteiger partial charge in [-0.3, -0.25) is 4.79 Å². The van der Waals surface area contributed by atoms with Gasteiger partial charge >= 0.3 is 12.1 Å². The zero-order valence-electron chi connectivity index (χ0n) is 28.5. The molecular formula is C38H48N4O5. The van der Waals surface area contributed by atoms with Crippen LogP contribution >= 0.6 is 0 Å². The van der Waals surface area contributed by atoms with Crippen LogP contribution in [-0.2, 0) is 9.47 Å². The van der Waals surface area contributed by atoms with Gasteiger partial charge in [0.1, 0.15) is 5.60 Å². The quantitative estimate of drug-likeness (QED) is 0.239. The molecular weight excluding hydrogens is 592 g/mol. The fourth-order valence-electron chi connectivity index (χ4n) is 7.46. The Morgan fingerprint density at radius 1 is 0.936 bits per heavy atom. The molecule has 0 atom stereocenters. The van der Waals surface area contributed by atoms with E-state index >= 15 is 0 Å². The number of nitrogens with zero attached hydrogens (tertiary/aromatic N) is 4. The molecule has 9 heteroatoms. The number of anilines is 1. The third-order valence-electron chi connectivity index (χ3n) is 10.1. The molecule has 250 valence electrons. The average molecular weight is 641 g/mol. The first-order valence-electron chi connectivity index (χ1n) is 17.1. The summed E-state index contributed by atoms with van der Waals surface area (Å²) in [5.74, 6) is 1.22. The normalized spacial score (nSPS) is 19.0. The van der Waals surface area contributed by atoms with Crippen molar-refractivity contribution in [1.29, 1.82) is 0 Å². The van der Waals surface area contributed by atoms with Crippen LogP contribution in [0.3, 0.4) is 0 Å². The minimum absolute atomic E-state index is 0.0147. The zero-order chi connectivity index (χ0) is 33.2. The van der Waals surface area contributed by atoms with Gasteiger partial charge in [0.05, 0.1) is 5.60 Å². The van der Waals surface area contributed by atoms with Gasteiger partial charge in [0.15, 0.2) is 5.78 Å². The molecule has 1 aromatic heterocycles. The van der Waals surface area contributed by atoms with Crippen molar-refractivity contribution >= 4 is 23.5 Å². The predicted molar refractivity (Wildman–Crippen MR) is 183 cm³/mol. The van der Waals surface area contributed by atoms with Crippen LogP contribution < -0.4 is 4.90 Å². The molecule has 0 radical (unpaired) electrons. The Hall–Kier alpha value is -3.98. The molecule has 0 bridgehead atoms. The monoisotopic (exact) mass is 640 g/mol. The summed E-state index contributed by atoms with van der Waals surface area (Å²) < 4.78 is 17.5. The number of ketones is 1. The van der Waals surface area contributed by atoms with Crippen molar-refractivity contribution < 1.29 is 23.6 Å². The molecule has 1 aliphatic carbocycles. The molecule has 3 heterocycles. The Labute approximate surface area is 278 Å². The highest BCUT2D eigenvalue weighted by Crippen LogP contribution is 2.42. The van der Waals surface area contributed by atoms with Crippen molar-refractivity contribution in [2.24, 2.45) is 5.92 Å². The molecule has 6 rings (SSSR count). The van der Waals surface area contributed by atoms with Crippen LogP contribution in [-0.4, -0.2) is 71.4 Å². The molecule has 47 heavy (non-hydrogen) atoms. The predicted octanol–water partition coefficient (Wildman–Crippen LogP) is 8.20. The van der Waals surface area contributed by atoms with Gasteiger partial charge in [-0.15, -0.1) is 0 Å². The molecule has 1 saturated carbocycles. The van der Waals surface area contributed by atoms with E-state index in [1.54, 1.807) is 11.8 Å². The summed E-state index contributed by atoms with van der Waals surface area (Å²) >= 11 is 0. The summed E-state index contributed by atoms with van der Waals surface area (Å²) in [6.07, 6.45) is 10.8. The lowest BCUT2D eigenvalue weighted by Gasteiger charge is -2.46. The average Bonchev–Trinajstić information content (AvgIpc) is 3.58. The van der Waals surface area contributed by atoms with E-state index in [1.807, 2.05) is 58.2 Å². The van der Waals surface area contributed by atoms with Crippen molar-refractivity contribution in [2.75, 3.05) is 38.2 Å². The number of carbonyl (C=O) groups is 2. The third-order valence-corrected chi connectivity index (χ3v) is 10.1. The van der Waals surface area contributed by atoms with Crippen LogP contribution in [0.15, 0.2) is 53.1 Å². The van der Waals surface area contributed by atoms with E-state index in [-0.39, 0.29) is 17.5 Å². The van der Waals surface area contributed by atoms with Gasteiger partial charge in [-0.1, -0.05) is 66.9 Å². The summed E-state index contributed by atoms with van der Waals surface area (Å²) in [6.45, 7) is 9.87. The van der Waals surface area contributed by atoms with Gasteiger partial charge in [0.2, 0.25) is 5.82 Å². The number of aromatic nitrogens is 2. The number of methoxy groups -OCH3 is 1. The van der Waals surface area contributed by atoms with Crippen molar-refractivity contribution in [2.45, 2.75) is 90.3 Å². The van der Waals surface area contributed by atoms with Crippen molar-refractivity contribution in [3.05, 3.63) is 59.7 Å². The van der Waals surface area contributed by atoms with Gasteiger partial charge in [-0.2, -0.15) is 4.98 Å². The second kappa shape index (κ2) is 13.6. The Kier molecular flexibility index (Phi) is 9.55. The van der Waals surface area contributed by atoms with Crippen molar-refractivity contribution in [1.82, 2.24) is 15.0 Å². The number of Topliss-reactive ketones (excluding diaryl/α,β-unsaturated/α-hetero) is 1. The van der Waals surface area contributed by atoms with E-state index in [4.69, 9.17) is 19.0 Å². The number of hydrogen-bond acceptors (Lipinski definition) is 8. The fourth-order valence-corrected chi connectivity index (χ4v) is 7.46. The van der Waals surface area contributed by atoms with Crippen LogP contribution in [0.4, 0.5) is 10.8 Å². The lowest BCUT2D eigenvalue weighted by atomic mass is 9.72. The van der Waals surface area contributed by atoms with Gasteiger partial charge < -0.3 is 23.8 Å². The smallest absolute Gasteiger partial charge is 0.410 e. The first-order valence-corrected chi connectivity index (χ1v) is 17.1. The fraction of sp³-hybridized carbons (Fsp3) is 0.526. The summed E-state index contributed by atoms with van der Waals surface area (Å²) in [4.78, 5) is 33.8. The molecule has 9 nitrogen and oxygen atoms in total. The maximum Gasteiger partial charge on any atom is 0.410 e. The molecule has 0 N–H and O–H groups in total. The van der Waals surface area contributed by atoms with Crippen LogP contribution in [0.25, 0.3) is 28.1 Å². The first-order chi connectivity index (χ1) is 22.5. The lowest BCUT2D eigenvalue weighted by Crippen LogP contribution is -2.50. The number of piperidine rings is 1. The summed E-state index contributed by atoms with van der Waals surface area (Å²) in [6, 6.07) is 14.7. The van der Waals surface area contributed by atoms with E-state index in [1.165, 1.54) is 32.1 Å². The first kappa shape index (κ1) is 32.9. The molecule has 0 unspecified atom stereocenters. The topological polar surface area (TPSA) is 98.0 Å². The molecule has 2 aliphatic heterocycles. The van der Waals surface area contributed by atoms with Gasteiger partial charge in [-0.25, -0.2) is 4.79 Å². The van der Waals surface area contributed by atoms with Crippen molar-refractivity contribution in [3.63, 3.8) is 0 Å². The maximum atomic E-state index is 12.6. The SMILES string of the molecule is COC1(C2CCCCC2)CCN(c2nc(-c3ccc(-c4ccc(C(C)=O)c(C5=CCN(C(=O)OC(C)(C)C)CC5)c4)cc3)no2)CC1. The van der Waals surface area contributed by atoms with E-state index < -0.39 is 5.60 Å². The molecule has 2 aromatic carbocycles. The van der Waals surface area contributed by atoms with Crippen LogP contribution in [0, 0.1) is 5.92 Å². The molecule has 1 amide bonds. The number of carbonyl (C=O) groups excluding carboxylic acids is 2. The zero-order valence-corrected chi connectivity index (χ0v) is 28.5. The molecule has 3 aromatic rings. The Bertz CT molecular complexity index is 1610. The Morgan fingerprint density at radius 3 is 2.23 bits per heavy atom. The maximum absolute atomic E-state index is 12.6. The second-order valence-corrected chi connectivity index (χ2v) is 14.3. The second-order valence-electron chi connectivity index (χ2n) is 14.3. The highest BCUT2D eigenvalue weighted by atomic mass is 16.6. The summed E-state index contributed by atoms with van der Waals surface area (Å²) in [5.41, 5.74) is 4.99. The minimum Gasteiger partial charge on any atom is -0.444 e. The molecule has 1 saturated heterocycles. The van der Waals surface area contributed by atoms with Gasteiger partial charge in [0.25, 0.3) is 0 Å². The Morgan fingerprint density at radius 2 is 1.62 bits per heavy atom. The standard InChI is InChI=1S/C38H48N4O5/c1-26(43)32-16-15-30(25-33(32)28-17-21-42(22-18-28)36(44)46-37(2,3)4)27-11-13-29(14-12-27)34-39-35(47-40-34)41-23-19-38(45-5,20-24-41)31-9-7-6-8-10-31/h11-17,25,31H,6-10,18-24H2,1-5H3. The molecule has 3 aliphatic rings. The molecule has 2 fully saturated rings. The highest BCUT2D eigenvalue weighted by Gasteiger charge is 2.42. The number of benzene rings is 2. The van der Waals surface area contributed by atoms with E-state index in [9.17, 15) is 9.59 Å².